The summed E-state index contributed by atoms with van der Waals surface area (Å²) < 4.78 is 88.1. The Morgan fingerprint density at radius 1 is 0.848 bits per heavy atom. The molecule has 1 aliphatic carbocycles. The average molecular weight is 473 g/mol. The number of alkyl halides is 2. The number of hydrogen-bond acceptors (Lipinski definition) is 1. The smallest absolute Gasteiger partial charge is 0.398 e. The summed E-state index contributed by atoms with van der Waals surface area (Å²) in [6, 6.07) is 4.54. The van der Waals surface area contributed by atoms with E-state index in [9.17, 15) is 26.3 Å². The van der Waals surface area contributed by atoms with Gasteiger partial charge in [-0.3, -0.25) is 0 Å². The van der Waals surface area contributed by atoms with Gasteiger partial charge in [-0.15, -0.1) is 0 Å². The second-order valence-electron chi connectivity index (χ2n) is 8.99. The van der Waals surface area contributed by atoms with Crippen LogP contribution in [-0.4, -0.2) is 6.11 Å². The summed E-state index contributed by atoms with van der Waals surface area (Å²) in [5.74, 6) is -4.05. The van der Waals surface area contributed by atoms with Gasteiger partial charge in [-0.1, -0.05) is 32.6 Å². The summed E-state index contributed by atoms with van der Waals surface area (Å²) >= 11 is 0. The Morgan fingerprint density at radius 3 is 2.12 bits per heavy atom. The van der Waals surface area contributed by atoms with Crippen LogP contribution in [0.5, 0.6) is 5.75 Å². The van der Waals surface area contributed by atoms with Crippen LogP contribution in [0.3, 0.4) is 0 Å². The molecular formula is C26H30F6O. The zero-order valence-electron chi connectivity index (χ0n) is 18.8. The molecule has 0 spiro atoms. The molecule has 7 heteroatoms. The Morgan fingerprint density at radius 2 is 1.52 bits per heavy atom. The molecule has 0 N–H and O–H groups in total. The van der Waals surface area contributed by atoms with E-state index in [0.717, 1.165) is 31.7 Å². The molecule has 0 bridgehead atoms. The van der Waals surface area contributed by atoms with Crippen LogP contribution in [0.1, 0.15) is 81.8 Å². The van der Waals surface area contributed by atoms with Crippen molar-refractivity contribution in [1.29, 1.82) is 0 Å². The van der Waals surface area contributed by atoms with Gasteiger partial charge in [0.05, 0.1) is 6.42 Å². The zero-order chi connectivity index (χ0) is 24.0. The van der Waals surface area contributed by atoms with E-state index < -0.39 is 53.5 Å². The van der Waals surface area contributed by atoms with Crippen LogP contribution in [0.2, 0.25) is 0 Å². The standard InChI is InChI=1S/C26H30F6O/c1-2-3-4-5-17-6-8-18(9-7-17)19-14-23(28)21(24(29)15-19)12-13-26(31,32)33-20-10-11-22(27)25(30)16-20/h10-11,14-18H,2-9,12-13H2,1H3. The van der Waals surface area contributed by atoms with Crippen molar-refractivity contribution in [1.82, 2.24) is 0 Å². The SMILES string of the molecule is CCCCCC1CCC(c2cc(F)c(CCC(F)(F)Oc3ccc(F)c(F)c3)c(F)c2)CC1. The highest BCUT2D eigenvalue weighted by Gasteiger charge is 2.33. The van der Waals surface area contributed by atoms with Gasteiger partial charge in [-0.25, -0.2) is 17.6 Å². The van der Waals surface area contributed by atoms with Gasteiger partial charge in [0.15, 0.2) is 11.6 Å². The zero-order valence-corrected chi connectivity index (χ0v) is 18.8. The molecule has 0 heterocycles. The normalized spacial score (nSPS) is 19.0. The maximum atomic E-state index is 14.6. The molecule has 0 saturated heterocycles. The molecule has 0 radical (unpaired) electrons. The Balaban J connectivity index is 1.58. The van der Waals surface area contributed by atoms with Crippen LogP contribution in [0.4, 0.5) is 26.3 Å². The fourth-order valence-electron chi connectivity index (χ4n) is 4.60. The maximum Gasteiger partial charge on any atom is 0.398 e. The summed E-state index contributed by atoms with van der Waals surface area (Å²) in [6.45, 7) is 2.17. The molecule has 3 rings (SSSR count). The number of benzene rings is 2. The van der Waals surface area contributed by atoms with Gasteiger partial charge < -0.3 is 4.74 Å². The minimum Gasteiger partial charge on any atom is -0.432 e. The second-order valence-corrected chi connectivity index (χ2v) is 8.99. The van der Waals surface area contributed by atoms with E-state index in [0.29, 0.717) is 23.6 Å². The van der Waals surface area contributed by atoms with Crippen molar-refractivity contribution in [2.75, 3.05) is 0 Å². The first-order chi connectivity index (χ1) is 15.7. The fraction of sp³-hybridized carbons (Fsp3) is 0.538. The lowest BCUT2D eigenvalue weighted by Crippen LogP contribution is -2.26. The number of halogens is 6. The van der Waals surface area contributed by atoms with Crippen molar-refractivity contribution in [2.45, 2.75) is 83.2 Å². The van der Waals surface area contributed by atoms with Crippen LogP contribution < -0.4 is 4.74 Å². The average Bonchev–Trinajstić information content (AvgIpc) is 2.76. The Hall–Kier alpha value is -2.18. The van der Waals surface area contributed by atoms with Crippen molar-refractivity contribution in [3.63, 3.8) is 0 Å². The van der Waals surface area contributed by atoms with Crippen molar-refractivity contribution < 1.29 is 31.1 Å². The molecule has 2 aromatic carbocycles. The molecule has 1 saturated carbocycles. The lowest BCUT2D eigenvalue weighted by atomic mass is 9.77. The largest absolute Gasteiger partial charge is 0.432 e. The van der Waals surface area contributed by atoms with Gasteiger partial charge in [0.1, 0.15) is 17.4 Å². The summed E-state index contributed by atoms with van der Waals surface area (Å²) in [7, 11) is 0. The minimum absolute atomic E-state index is 0.0728. The molecule has 0 amide bonds. The van der Waals surface area contributed by atoms with E-state index in [2.05, 4.69) is 11.7 Å². The van der Waals surface area contributed by atoms with Gasteiger partial charge in [0.25, 0.3) is 0 Å². The van der Waals surface area contributed by atoms with E-state index >= 15 is 0 Å². The monoisotopic (exact) mass is 472 g/mol. The van der Waals surface area contributed by atoms with Crippen LogP contribution >= 0.6 is 0 Å². The summed E-state index contributed by atoms with van der Waals surface area (Å²) in [6.07, 6.45) is 3.21. The van der Waals surface area contributed by atoms with E-state index in [1.807, 2.05) is 0 Å². The quantitative estimate of drug-likeness (QED) is 0.248. The van der Waals surface area contributed by atoms with Crippen LogP contribution in [0.15, 0.2) is 30.3 Å². The number of ether oxygens (including phenoxy) is 1. The predicted octanol–water partition coefficient (Wildman–Crippen LogP) is 8.70. The number of rotatable bonds is 10. The van der Waals surface area contributed by atoms with Crippen molar-refractivity contribution in [3.8, 4) is 5.75 Å². The second kappa shape index (κ2) is 11.3. The van der Waals surface area contributed by atoms with Crippen LogP contribution in [0, 0.1) is 29.2 Å². The maximum absolute atomic E-state index is 14.6. The van der Waals surface area contributed by atoms with Gasteiger partial charge in [-0.2, -0.15) is 8.78 Å². The topological polar surface area (TPSA) is 9.23 Å². The van der Waals surface area contributed by atoms with Crippen molar-refractivity contribution >= 4 is 0 Å². The lowest BCUT2D eigenvalue weighted by Gasteiger charge is -2.29. The van der Waals surface area contributed by atoms with Gasteiger partial charge in [-0.05, 0) is 73.8 Å². The van der Waals surface area contributed by atoms with Gasteiger partial charge >= 0.3 is 6.11 Å². The molecule has 0 atom stereocenters. The summed E-state index contributed by atoms with van der Waals surface area (Å²) in [5, 5.41) is 0. The summed E-state index contributed by atoms with van der Waals surface area (Å²) in [4.78, 5) is 0. The molecule has 1 fully saturated rings. The van der Waals surface area contributed by atoms with E-state index in [1.54, 1.807) is 0 Å². The Kier molecular flexibility index (Phi) is 8.71. The van der Waals surface area contributed by atoms with Gasteiger partial charge in [0.2, 0.25) is 0 Å². The van der Waals surface area contributed by atoms with Crippen molar-refractivity contribution in [2.24, 2.45) is 5.92 Å². The van der Waals surface area contributed by atoms with Gasteiger partial charge in [0, 0.05) is 11.6 Å². The van der Waals surface area contributed by atoms with E-state index in [1.165, 1.54) is 37.8 Å². The third kappa shape index (κ3) is 7.15. The minimum atomic E-state index is -3.81. The number of hydrogen-bond donors (Lipinski definition) is 0. The first-order valence-electron chi connectivity index (χ1n) is 11.7. The summed E-state index contributed by atoms with van der Waals surface area (Å²) in [5.41, 5.74) is 0.145. The Bertz CT molecular complexity index is 898. The lowest BCUT2D eigenvalue weighted by molar-refractivity contribution is -0.180. The number of unbranched alkanes of at least 4 members (excludes halogenated alkanes) is 2. The first-order valence-corrected chi connectivity index (χ1v) is 11.7. The molecule has 1 nitrogen and oxygen atoms in total. The molecule has 0 aromatic heterocycles. The van der Waals surface area contributed by atoms with E-state index in [-0.39, 0.29) is 5.92 Å². The molecule has 33 heavy (non-hydrogen) atoms. The Labute approximate surface area is 191 Å². The van der Waals surface area contributed by atoms with E-state index in [4.69, 9.17) is 0 Å². The highest BCUT2D eigenvalue weighted by Crippen LogP contribution is 2.39. The fourth-order valence-corrected chi connectivity index (χ4v) is 4.60. The van der Waals surface area contributed by atoms with Crippen molar-refractivity contribution in [3.05, 3.63) is 64.7 Å². The highest BCUT2D eigenvalue weighted by molar-refractivity contribution is 5.29. The molecule has 182 valence electrons. The molecule has 2 aromatic rings. The molecule has 0 unspecified atom stereocenters. The third-order valence-corrected chi connectivity index (χ3v) is 6.52. The molecule has 0 aliphatic heterocycles. The van der Waals surface area contributed by atoms with Crippen LogP contribution in [-0.2, 0) is 6.42 Å². The first kappa shape index (κ1) is 25.4. The highest BCUT2D eigenvalue weighted by atomic mass is 19.3. The molecular weight excluding hydrogens is 442 g/mol. The van der Waals surface area contributed by atoms with Crippen LogP contribution in [0.25, 0.3) is 0 Å². The predicted molar refractivity (Wildman–Crippen MR) is 115 cm³/mol. The third-order valence-electron chi connectivity index (χ3n) is 6.52. The molecule has 1 aliphatic rings.